The number of benzene rings is 1. The van der Waals surface area contributed by atoms with Crippen molar-refractivity contribution in [2.45, 2.75) is 0 Å². The van der Waals surface area contributed by atoms with Crippen molar-refractivity contribution < 1.29 is 24.1 Å². The van der Waals surface area contributed by atoms with Crippen LogP contribution in [0, 0.1) is 0 Å². The van der Waals surface area contributed by atoms with E-state index in [-0.39, 0.29) is 5.69 Å². The second-order valence-corrected chi connectivity index (χ2v) is 3.86. The fourth-order valence-corrected chi connectivity index (χ4v) is 1.78. The zero-order valence-corrected chi connectivity index (χ0v) is 11.3. The zero-order valence-electron chi connectivity index (χ0n) is 11.3. The number of aromatic amines is 1. The maximum Gasteiger partial charge on any atom is 0.353 e. The van der Waals surface area contributed by atoms with E-state index in [2.05, 4.69) is 9.97 Å². The third kappa shape index (κ3) is 2.37. The number of hydrogen-bond donors (Lipinski definition) is 2. The highest BCUT2D eigenvalue weighted by Crippen LogP contribution is 2.38. The lowest BCUT2D eigenvalue weighted by Crippen LogP contribution is -1.97. The lowest BCUT2D eigenvalue weighted by molar-refractivity contribution is 0.0691. The minimum absolute atomic E-state index is 0.00293. The van der Waals surface area contributed by atoms with E-state index in [1.54, 1.807) is 12.1 Å². The molecule has 7 heteroatoms. The van der Waals surface area contributed by atoms with Crippen molar-refractivity contribution in [3.05, 3.63) is 24.0 Å². The molecule has 20 heavy (non-hydrogen) atoms. The molecule has 2 N–H and O–H groups in total. The van der Waals surface area contributed by atoms with E-state index in [1.807, 2.05) is 0 Å². The first-order valence-electron chi connectivity index (χ1n) is 5.69. The first-order chi connectivity index (χ1) is 9.60. The normalized spacial score (nSPS) is 10.2. The van der Waals surface area contributed by atoms with Gasteiger partial charge in [-0.2, -0.15) is 0 Å². The second kappa shape index (κ2) is 5.52. The van der Waals surface area contributed by atoms with Crippen molar-refractivity contribution in [2.24, 2.45) is 0 Å². The number of methoxy groups -OCH3 is 3. The number of carbonyl (C=O) groups is 1. The third-order valence-corrected chi connectivity index (χ3v) is 2.77. The Labute approximate surface area is 115 Å². The predicted octanol–water partition coefficient (Wildman–Crippen LogP) is 1.80. The van der Waals surface area contributed by atoms with E-state index in [0.29, 0.717) is 28.6 Å². The molecular formula is C13H14N2O5. The summed E-state index contributed by atoms with van der Waals surface area (Å²) in [6.45, 7) is 0. The number of rotatable bonds is 5. The summed E-state index contributed by atoms with van der Waals surface area (Å²) in [6.07, 6.45) is 1.24. The minimum atomic E-state index is -1.08. The number of carboxylic acids is 1. The Bertz CT molecular complexity index is 636. The summed E-state index contributed by atoms with van der Waals surface area (Å²) in [4.78, 5) is 17.6. The lowest BCUT2D eigenvalue weighted by atomic mass is 10.1. The maximum absolute atomic E-state index is 10.9. The molecule has 1 aromatic carbocycles. The van der Waals surface area contributed by atoms with Gasteiger partial charge in [-0.1, -0.05) is 0 Å². The molecular weight excluding hydrogens is 264 g/mol. The number of carboxylic acid groups (broad SMARTS) is 1. The summed E-state index contributed by atoms with van der Waals surface area (Å²) in [5.41, 5.74) is 0.578. The number of imidazole rings is 1. The van der Waals surface area contributed by atoms with Gasteiger partial charge in [-0.3, -0.25) is 0 Å². The van der Waals surface area contributed by atoms with Gasteiger partial charge in [-0.05, 0) is 6.07 Å². The summed E-state index contributed by atoms with van der Waals surface area (Å²) in [7, 11) is 4.54. The fourth-order valence-electron chi connectivity index (χ4n) is 1.78. The van der Waals surface area contributed by atoms with Crippen LogP contribution in [0.25, 0.3) is 11.4 Å². The van der Waals surface area contributed by atoms with E-state index in [1.165, 1.54) is 27.5 Å². The molecule has 0 amide bonds. The molecule has 0 bridgehead atoms. The first-order valence-corrected chi connectivity index (χ1v) is 5.69. The Morgan fingerprint density at radius 3 is 2.20 bits per heavy atom. The number of hydrogen-bond acceptors (Lipinski definition) is 5. The molecule has 0 fully saturated rings. The smallest absolute Gasteiger partial charge is 0.353 e. The van der Waals surface area contributed by atoms with Gasteiger partial charge in [0.05, 0.1) is 33.1 Å². The summed E-state index contributed by atoms with van der Waals surface area (Å²) in [6, 6.07) is 3.32. The Hall–Kier alpha value is -2.70. The largest absolute Gasteiger partial charge is 0.496 e. The predicted molar refractivity (Wildman–Crippen MR) is 70.6 cm³/mol. The monoisotopic (exact) mass is 278 g/mol. The number of H-pyrrole nitrogens is 1. The van der Waals surface area contributed by atoms with Crippen LogP contribution in [0.15, 0.2) is 18.3 Å². The van der Waals surface area contributed by atoms with E-state index < -0.39 is 5.97 Å². The molecule has 1 heterocycles. The van der Waals surface area contributed by atoms with Gasteiger partial charge in [-0.15, -0.1) is 0 Å². The van der Waals surface area contributed by atoms with Crippen LogP contribution in [-0.4, -0.2) is 42.4 Å². The van der Waals surface area contributed by atoms with Gasteiger partial charge in [0.25, 0.3) is 0 Å². The fraction of sp³-hybridized carbons (Fsp3) is 0.231. The molecule has 0 saturated heterocycles. The highest BCUT2D eigenvalue weighted by atomic mass is 16.5. The van der Waals surface area contributed by atoms with Crippen molar-refractivity contribution in [3.8, 4) is 28.6 Å². The minimum Gasteiger partial charge on any atom is -0.496 e. The Kier molecular flexibility index (Phi) is 3.79. The average molecular weight is 278 g/mol. The number of nitrogens with one attached hydrogen (secondary N) is 1. The molecule has 0 aliphatic heterocycles. The van der Waals surface area contributed by atoms with Crippen LogP contribution in [0.5, 0.6) is 17.2 Å². The number of aromatic nitrogens is 2. The van der Waals surface area contributed by atoms with Gasteiger partial charge >= 0.3 is 5.97 Å². The van der Waals surface area contributed by atoms with Crippen molar-refractivity contribution in [3.63, 3.8) is 0 Å². The molecule has 1 aromatic heterocycles. The molecule has 0 aliphatic rings. The van der Waals surface area contributed by atoms with Crippen LogP contribution in [0.3, 0.4) is 0 Å². The van der Waals surface area contributed by atoms with Gasteiger partial charge < -0.3 is 24.3 Å². The topological polar surface area (TPSA) is 93.7 Å². The van der Waals surface area contributed by atoms with Crippen molar-refractivity contribution in [1.82, 2.24) is 9.97 Å². The number of nitrogens with zero attached hydrogens (tertiary/aromatic N) is 1. The van der Waals surface area contributed by atoms with Gasteiger partial charge in [0.2, 0.25) is 0 Å². The van der Waals surface area contributed by atoms with Crippen molar-refractivity contribution in [1.29, 1.82) is 0 Å². The summed E-state index contributed by atoms with van der Waals surface area (Å²) >= 11 is 0. The lowest BCUT2D eigenvalue weighted by Gasteiger charge is -2.12. The second-order valence-electron chi connectivity index (χ2n) is 3.86. The van der Waals surface area contributed by atoms with Gasteiger partial charge in [0, 0.05) is 6.07 Å². The van der Waals surface area contributed by atoms with Crippen LogP contribution >= 0.6 is 0 Å². The number of aromatic carboxylic acids is 1. The maximum atomic E-state index is 10.9. The molecule has 0 atom stereocenters. The molecule has 2 rings (SSSR count). The van der Waals surface area contributed by atoms with Crippen LogP contribution in [0.1, 0.15) is 10.5 Å². The van der Waals surface area contributed by atoms with Gasteiger partial charge in [0.15, 0.2) is 11.5 Å². The molecule has 106 valence electrons. The van der Waals surface area contributed by atoms with E-state index in [0.717, 1.165) is 0 Å². The van der Waals surface area contributed by atoms with Crippen LogP contribution < -0.4 is 14.2 Å². The highest BCUT2D eigenvalue weighted by Gasteiger charge is 2.17. The third-order valence-electron chi connectivity index (χ3n) is 2.77. The molecule has 0 spiro atoms. The summed E-state index contributed by atoms with van der Waals surface area (Å²) < 4.78 is 15.7. The Morgan fingerprint density at radius 1 is 1.10 bits per heavy atom. The quantitative estimate of drug-likeness (QED) is 0.866. The Morgan fingerprint density at radius 2 is 1.70 bits per heavy atom. The van der Waals surface area contributed by atoms with Crippen LogP contribution in [-0.2, 0) is 0 Å². The summed E-state index contributed by atoms with van der Waals surface area (Å²) in [5.74, 6) is 0.798. The van der Waals surface area contributed by atoms with Crippen molar-refractivity contribution in [2.75, 3.05) is 21.3 Å². The zero-order chi connectivity index (χ0) is 14.7. The molecule has 0 saturated carbocycles. The molecule has 7 nitrogen and oxygen atoms in total. The van der Waals surface area contributed by atoms with Crippen LogP contribution in [0.2, 0.25) is 0 Å². The molecule has 2 aromatic rings. The van der Waals surface area contributed by atoms with E-state index >= 15 is 0 Å². The standard InChI is InChI=1S/C13H14N2O5/c1-18-9-5-11(20-3)10(19-2)4-7(9)12-14-6-8(15-12)13(16)17/h4-6H,1-3H3,(H,14,15)(H,16,17). The molecule has 0 radical (unpaired) electrons. The highest BCUT2D eigenvalue weighted by molar-refractivity contribution is 5.86. The Balaban J connectivity index is 2.56. The van der Waals surface area contributed by atoms with Crippen molar-refractivity contribution >= 4 is 5.97 Å². The van der Waals surface area contributed by atoms with Gasteiger partial charge in [-0.25, -0.2) is 9.78 Å². The van der Waals surface area contributed by atoms with E-state index in [9.17, 15) is 4.79 Å². The van der Waals surface area contributed by atoms with Crippen LogP contribution in [0.4, 0.5) is 0 Å². The van der Waals surface area contributed by atoms with Gasteiger partial charge in [0.1, 0.15) is 17.3 Å². The molecule has 0 unspecified atom stereocenters. The van der Waals surface area contributed by atoms with E-state index in [4.69, 9.17) is 19.3 Å². The molecule has 0 aliphatic carbocycles. The SMILES string of the molecule is COc1cc(OC)c(-c2ncc(C(=O)O)[nH]2)cc1OC. The first kappa shape index (κ1) is 13.7. The average Bonchev–Trinajstić information content (AvgIpc) is 2.95. The summed E-state index contributed by atoms with van der Waals surface area (Å²) in [5, 5.41) is 8.91. The number of ether oxygens (including phenoxy) is 3.